The summed E-state index contributed by atoms with van der Waals surface area (Å²) in [7, 11) is 1.51. The van der Waals surface area contributed by atoms with E-state index in [2.05, 4.69) is 22.2 Å². The number of hydrogen-bond donors (Lipinski definition) is 2. The summed E-state index contributed by atoms with van der Waals surface area (Å²) in [5.74, 6) is -0.369. The van der Waals surface area contributed by atoms with E-state index in [0.717, 1.165) is 75.0 Å². The standard InChI is InChI=1S/C29H36ClF3N4O3S/c1-5-25(28(39)36-26-16-22(29(31,32)33)23(30)17-37(26)4)41-19(3)18(2)34-27(38)24-10-6-9-21(35-24)12-11-20-8-7-14-40-15-13-20/h5-6,9-10,16-18,20,26H,3,7-8,11-15H2,1-2,4H3,(H,34,38)(H,36,39)/b25-5-/t18-,20?,26?/m1/s1. The van der Waals surface area contributed by atoms with Crippen molar-refractivity contribution >= 4 is 35.2 Å². The largest absolute Gasteiger partial charge is 0.417 e. The predicted molar refractivity (Wildman–Crippen MR) is 156 cm³/mol. The van der Waals surface area contributed by atoms with Gasteiger partial charge in [-0.25, -0.2) is 4.98 Å². The first kappa shape index (κ1) is 32.8. The lowest BCUT2D eigenvalue weighted by Crippen LogP contribution is -2.45. The second-order valence-electron chi connectivity index (χ2n) is 10.0. The summed E-state index contributed by atoms with van der Waals surface area (Å²) >= 11 is 6.78. The molecule has 0 aliphatic carbocycles. The Labute approximate surface area is 248 Å². The summed E-state index contributed by atoms with van der Waals surface area (Å²) in [5.41, 5.74) is 0.123. The fourth-order valence-corrected chi connectivity index (χ4v) is 5.55. The molecule has 1 aromatic rings. The number of rotatable bonds is 10. The quantitative estimate of drug-likeness (QED) is 0.313. The molecule has 2 aliphatic rings. The Morgan fingerprint density at radius 3 is 2.78 bits per heavy atom. The smallest absolute Gasteiger partial charge is 0.381 e. The van der Waals surface area contributed by atoms with E-state index in [4.69, 9.17) is 16.3 Å². The summed E-state index contributed by atoms with van der Waals surface area (Å²) in [5, 5.41) is 4.97. The second kappa shape index (κ2) is 14.9. The van der Waals surface area contributed by atoms with Crippen LogP contribution >= 0.6 is 23.4 Å². The molecule has 41 heavy (non-hydrogen) atoms. The van der Waals surface area contributed by atoms with Crippen molar-refractivity contribution in [2.75, 3.05) is 20.3 Å². The molecule has 0 radical (unpaired) electrons. The lowest BCUT2D eigenvalue weighted by molar-refractivity contribution is -0.118. The number of pyridine rings is 1. The Balaban J connectivity index is 1.55. The number of nitrogens with zero attached hydrogens (tertiary/aromatic N) is 2. The molecule has 0 saturated carbocycles. The molecular formula is C29H36ClF3N4O3S. The maximum absolute atomic E-state index is 13.3. The van der Waals surface area contributed by atoms with Gasteiger partial charge >= 0.3 is 6.18 Å². The van der Waals surface area contributed by atoms with Gasteiger partial charge in [0, 0.05) is 37.1 Å². The molecule has 1 aromatic heterocycles. The van der Waals surface area contributed by atoms with E-state index in [1.54, 1.807) is 19.9 Å². The number of halogens is 4. The van der Waals surface area contributed by atoms with E-state index >= 15 is 0 Å². The number of thioether (sulfide) groups is 1. The van der Waals surface area contributed by atoms with Gasteiger partial charge in [-0.1, -0.05) is 42.1 Å². The van der Waals surface area contributed by atoms with E-state index in [1.807, 2.05) is 12.1 Å². The van der Waals surface area contributed by atoms with Crippen LogP contribution in [0.1, 0.15) is 55.7 Å². The fraction of sp³-hybridized carbons (Fsp3) is 0.483. The molecular weight excluding hydrogens is 577 g/mol. The minimum Gasteiger partial charge on any atom is -0.381 e. The number of hydrogen-bond acceptors (Lipinski definition) is 6. The summed E-state index contributed by atoms with van der Waals surface area (Å²) in [6, 6.07) is 4.85. The molecule has 3 heterocycles. The van der Waals surface area contributed by atoms with Crippen LogP contribution < -0.4 is 10.6 Å². The van der Waals surface area contributed by atoms with Crippen molar-refractivity contribution in [2.45, 2.75) is 64.3 Å². The van der Waals surface area contributed by atoms with Crippen molar-refractivity contribution in [3.05, 3.63) is 74.9 Å². The first-order valence-corrected chi connectivity index (χ1v) is 14.7. The van der Waals surface area contributed by atoms with E-state index < -0.39 is 34.9 Å². The summed E-state index contributed by atoms with van der Waals surface area (Å²) in [6.07, 6.45) is 2.81. The Bertz CT molecular complexity index is 1210. The van der Waals surface area contributed by atoms with Crippen LogP contribution in [0.2, 0.25) is 0 Å². The third-order valence-corrected chi connectivity index (χ3v) is 8.46. The van der Waals surface area contributed by atoms with Crippen LogP contribution in [0.15, 0.2) is 63.5 Å². The molecule has 7 nitrogen and oxygen atoms in total. The number of amides is 2. The SMILES string of the molecule is C=C(S/C(=C\C)C(=O)NC1C=C(C(F)(F)F)C(Cl)=CN1C)[C@@H](C)NC(=O)c1cccc(CCC2CCCOCC2)n1. The van der Waals surface area contributed by atoms with Gasteiger partial charge in [0.15, 0.2) is 0 Å². The van der Waals surface area contributed by atoms with Crippen molar-refractivity contribution in [2.24, 2.45) is 5.92 Å². The molecule has 2 N–H and O–H groups in total. The van der Waals surface area contributed by atoms with Crippen LogP contribution in [0, 0.1) is 5.92 Å². The summed E-state index contributed by atoms with van der Waals surface area (Å²) in [4.78, 5) is 32.5. The molecule has 224 valence electrons. The van der Waals surface area contributed by atoms with Gasteiger partial charge in [0.1, 0.15) is 11.9 Å². The highest BCUT2D eigenvalue weighted by atomic mass is 35.5. The number of aryl methyl sites for hydroxylation is 1. The highest BCUT2D eigenvalue weighted by Crippen LogP contribution is 2.36. The number of aromatic nitrogens is 1. The topological polar surface area (TPSA) is 83.6 Å². The first-order chi connectivity index (χ1) is 19.4. The van der Waals surface area contributed by atoms with Crippen LogP contribution in [0.25, 0.3) is 0 Å². The van der Waals surface area contributed by atoms with E-state index in [9.17, 15) is 22.8 Å². The number of likely N-dealkylation sites (N-methyl/N-ethyl adjacent to an activating group) is 1. The third-order valence-electron chi connectivity index (χ3n) is 6.90. The van der Waals surface area contributed by atoms with Crippen molar-refractivity contribution in [3.63, 3.8) is 0 Å². The molecule has 1 fully saturated rings. The maximum atomic E-state index is 13.3. The number of carbonyl (C=O) groups excluding carboxylic acids is 2. The molecule has 2 unspecified atom stereocenters. The molecule has 1 saturated heterocycles. The van der Waals surface area contributed by atoms with Crippen LogP contribution in [0.5, 0.6) is 0 Å². The Morgan fingerprint density at radius 1 is 1.32 bits per heavy atom. The van der Waals surface area contributed by atoms with Gasteiger partial charge in [0.25, 0.3) is 11.8 Å². The van der Waals surface area contributed by atoms with Gasteiger partial charge in [-0.15, -0.1) is 0 Å². The van der Waals surface area contributed by atoms with E-state index in [1.165, 1.54) is 18.0 Å². The Hall–Kier alpha value is -2.76. The highest BCUT2D eigenvalue weighted by molar-refractivity contribution is 8.07. The zero-order valence-corrected chi connectivity index (χ0v) is 25.0. The lowest BCUT2D eigenvalue weighted by Gasteiger charge is -2.31. The molecule has 0 bridgehead atoms. The molecule has 12 heteroatoms. The lowest BCUT2D eigenvalue weighted by atomic mass is 9.94. The number of ether oxygens (including phenoxy) is 1. The normalized spacial score (nSPS) is 20.9. The Kier molecular flexibility index (Phi) is 11.9. The number of carbonyl (C=O) groups is 2. The third kappa shape index (κ3) is 9.65. The van der Waals surface area contributed by atoms with E-state index in [0.29, 0.717) is 16.5 Å². The van der Waals surface area contributed by atoms with Crippen molar-refractivity contribution in [1.82, 2.24) is 20.5 Å². The zero-order valence-electron chi connectivity index (χ0n) is 23.4. The molecule has 3 atom stereocenters. The fourth-order valence-electron chi connectivity index (χ4n) is 4.44. The highest BCUT2D eigenvalue weighted by Gasteiger charge is 2.39. The molecule has 2 amide bonds. The van der Waals surface area contributed by atoms with Gasteiger partial charge in [-0.3, -0.25) is 9.59 Å². The number of allylic oxidation sites excluding steroid dienone is 3. The van der Waals surface area contributed by atoms with Gasteiger partial charge in [0.2, 0.25) is 0 Å². The zero-order chi connectivity index (χ0) is 30.2. The molecule has 2 aliphatic heterocycles. The average molecular weight is 613 g/mol. The second-order valence-corrected chi connectivity index (χ2v) is 11.6. The maximum Gasteiger partial charge on any atom is 0.417 e. The number of nitrogens with one attached hydrogen (secondary N) is 2. The average Bonchev–Trinajstić information content (AvgIpc) is 3.20. The minimum absolute atomic E-state index is 0.219. The van der Waals surface area contributed by atoms with Gasteiger partial charge in [-0.05, 0) is 70.1 Å². The van der Waals surface area contributed by atoms with Crippen LogP contribution in [-0.2, 0) is 16.0 Å². The summed E-state index contributed by atoms with van der Waals surface area (Å²) < 4.78 is 45.4. The molecule has 3 rings (SSSR count). The summed E-state index contributed by atoms with van der Waals surface area (Å²) in [6.45, 7) is 8.96. The minimum atomic E-state index is -4.66. The van der Waals surface area contributed by atoms with Gasteiger partial charge in [0.05, 0.1) is 21.6 Å². The molecule has 0 aromatic carbocycles. The van der Waals surface area contributed by atoms with Crippen LogP contribution in [0.4, 0.5) is 13.2 Å². The van der Waals surface area contributed by atoms with Crippen molar-refractivity contribution in [1.29, 1.82) is 0 Å². The van der Waals surface area contributed by atoms with E-state index in [-0.39, 0.29) is 10.8 Å². The predicted octanol–water partition coefficient (Wildman–Crippen LogP) is 6.06. The number of alkyl halides is 3. The van der Waals surface area contributed by atoms with Crippen molar-refractivity contribution in [3.8, 4) is 0 Å². The van der Waals surface area contributed by atoms with Gasteiger partial charge in [-0.2, -0.15) is 13.2 Å². The van der Waals surface area contributed by atoms with Crippen LogP contribution in [0.3, 0.4) is 0 Å². The van der Waals surface area contributed by atoms with Gasteiger partial charge < -0.3 is 20.3 Å². The van der Waals surface area contributed by atoms with Crippen molar-refractivity contribution < 1.29 is 27.5 Å². The molecule has 0 spiro atoms. The Morgan fingerprint density at radius 2 is 2.07 bits per heavy atom. The first-order valence-electron chi connectivity index (χ1n) is 13.5. The monoisotopic (exact) mass is 612 g/mol. The van der Waals surface area contributed by atoms with Crippen LogP contribution in [-0.4, -0.2) is 60.3 Å².